The normalized spacial score (nSPS) is 10.8. The molecule has 0 bridgehead atoms. The highest BCUT2D eigenvalue weighted by molar-refractivity contribution is 6.09. The average Bonchev–Trinajstić information content (AvgIpc) is 2.44. The van der Waals surface area contributed by atoms with E-state index in [-0.39, 0.29) is 11.4 Å². The molecule has 1 aromatic heterocycles. The van der Waals surface area contributed by atoms with Gasteiger partial charge < -0.3 is 5.73 Å². The fourth-order valence-electron chi connectivity index (χ4n) is 1.69. The van der Waals surface area contributed by atoms with Gasteiger partial charge in [-0.25, -0.2) is 4.79 Å². The number of anilines is 1. The van der Waals surface area contributed by atoms with Crippen molar-refractivity contribution in [1.82, 2.24) is 9.55 Å². The fraction of sp³-hybridized carbons (Fsp3) is 0.0714. The van der Waals surface area contributed by atoms with Crippen LogP contribution >= 0.6 is 0 Å². The number of hydrogen-bond acceptors (Lipinski definition) is 4. The first kappa shape index (κ1) is 13.5. The number of carbonyl (C=O) groups is 1. The molecule has 6 nitrogen and oxygen atoms in total. The summed E-state index contributed by atoms with van der Waals surface area (Å²) in [6.07, 6.45) is 2.83. The Morgan fingerprint density at radius 3 is 2.55 bits per heavy atom. The third-order valence-corrected chi connectivity index (χ3v) is 2.84. The molecule has 6 heteroatoms. The van der Waals surface area contributed by atoms with Gasteiger partial charge in [-0.15, -0.1) is 0 Å². The number of carbonyl (C=O) groups excluding carboxylic acids is 1. The molecular formula is C14H13N3O3. The summed E-state index contributed by atoms with van der Waals surface area (Å²) >= 11 is 0. The maximum absolute atomic E-state index is 12.0. The van der Waals surface area contributed by atoms with Crippen LogP contribution in [0.4, 0.5) is 5.82 Å². The van der Waals surface area contributed by atoms with Gasteiger partial charge in [-0.2, -0.15) is 0 Å². The lowest BCUT2D eigenvalue weighted by Gasteiger charge is -2.05. The third kappa shape index (κ3) is 2.59. The smallest absolute Gasteiger partial charge is 0.329 e. The highest BCUT2D eigenvalue weighted by Crippen LogP contribution is 2.06. The molecule has 0 spiro atoms. The molecule has 0 unspecified atom stereocenters. The molecule has 0 aliphatic heterocycles. The standard InChI is InChI=1S/C14H13N3O3/c1-17-12(15)11(13(19)16-14(17)20)10(18)8-7-9-5-3-2-4-6-9/h2-8H,15H2,1H3,(H,16,19,20)/b8-7+. The molecule has 3 N–H and O–H groups in total. The fourth-order valence-corrected chi connectivity index (χ4v) is 1.69. The van der Waals surface area contributed by atoms with Gasteiger partial charge in [0.05, 0.1) is 0 Å². The number of ketones is 1. The van der Waals surface area contributed by atoms with E-state index < -0.39 is 17.0 Å². The Morgan fingerprint density at radius 2 is 1.90 bits per heavy atom. The summed E-state index contributed by atoms with van der Waals surface area (Å²) in [6.45, 7) is 0. The Balaban J connectivity index is 2.41. The van der Waals surface area contributed by atoms with Crippen LogP contribution in [0.15, 0.2) is 46.0 Å². The number of nitrogens with one attached hydrogen (secondary N) is 1. The van der Waals surface area contributed by atoms with E-state index in [1.165, 1.54) is 13.1 Å². The first-order chi connectivity index (χ1) is 9.50. The Hall–Kier alpha value is -2.89. The number of allylic oxidation sites excluding steroid dienone is 1. The van der Waals surface area contributed by atoms with Crippen molar-refractivity contribution in [2.45, 2.75) is 0 Å². The second kappa shape index (κ2) is 5.40. The van der Waals surface area contributed by atoms with Gasteiger partial charge in [0.1, 0.15) is 11.4 Å². The number of H-pyrrole nitrogens is 1. The number of nitrogen functional groups attached to an aromatic ring is 1. The number of hydrogen-bond donors (Lipinski definition) is 2. The van der Waals surface area contributed by atoms with Gasteiger partial charge in [0.25, 0.3) is 5.56 Å². The summed E-state index contributed by atoms with van der Waals surface area (Å²) in [5.74, 6) is -0.704. The molecular weight excluding hydrogens is 258 g/mol. The predicted molar refractivity (Wildman–Crippen MR) is 76.5 cm³/mol. The molecule has 0 amide bonds. The van der Waals surface area contributed by atoms with Crippen molar-refractivity contribution in [2.75, 3.05) is 5.73 Å². The third-order valence-electron chi connectivity index (χ3n) is 2.84. The van der Waals surface area contributed by atoms with E-state index in [9.17, 15) is 14.4 Å². The Kier molecular flexibility index (Phi) is 3.65. The van der Waals surface area contributed by atoms with Crippen LogP contribution in [0.5, 0.6) is 0 Å². The minimum absolute atomic E-state index is 0.151. The van der Waals surface area contributed by atoms with E-state index in [2.05, 4.69) is 0 Å². The van der Waals surface area contributed by atoms with Crippen molar-refractivity contribution < 1.29 is 4.79 Å². The Labute approximate surface area is 114 Å². The lowest BCUT2D eigenvalue weighted by molar-refractivity contribution is 0.104. The van der Waals surface area contributed by atoms with E-state index in [1.54, 1.807) is 6.08 Å². The molecule has 102 valence electrons. The van der Waals surface area contributed by atoms with Gasteiger partial charge >= 0.3 is 5.69 Å². The highest BCUT2D eigenvalue weighted by Gasteiger charge is 2.15. The summed E-state index contributed by atoms with van der Waals surface area (Å²) < 4.78 is 1.02. The molecule has 0 saturated heterocycles. The van der Waals surface area contributed by atoms with Crippen LogP contribution in [0.1, 0.15) is 15.9 Å². The molecule has 0 aliphatic rings. The molecule has 2 rings (SSSR count). The predicted octanol–water partition coefficient (Wildman–Crippen LogP) is 0.552. The van der Waals surface area contributed by atoms with Crippen molar-refractivity contribution in [3.8, 4) is 0 Å². The monoisotopic (exact) mass is 271 g/mol. The van der Waals surface area contributed by atoms with Crippen molar-refractivity contribution in [3.63, 3.8) is 0 Å². The van der Waals surface area contributed by atoms with Gasteiger partial charge in [-0.3, -0.25) is 19.1 Å². The summed E-state index contributed by atoms with van der Waals surface area (Å²) in [4.78, 5) is 37.0. The largest absolute Gasteiger partial charge is 0.384 e. The molecule has 1 heterocycles. The van der Waals surface area contributed by atoms with Crippen molar-refractivity contribution >= 4 is 17.7 Å². The highest BCUT2D eigenvalue weighted by atomic mass is 16.2. The van der Waals surface area contributed by atoms with Crippen LogP contribution < -0.4 is 17.0 Å². The minimum atomic E-state index is -0.784. The summed E-state index contributed by atoms with van der Waals surface area (Å²) in [5.41, 5.74) is 4.79. The molecule has 0 aliphatic carbocycles. The Bertz CT molecular complexity index is 786. The number of benzene rings is 1. The average molecular weight is 271 g/mol. The zero-order valence-corrected chi connectivity index (χ0v) is 10.8. The number of rotatable bonds is 3. The maximum atomic E-state index is 12.0. The second-order valence-electron chi connectivity index (χ2n) is 4.19. The summed E-state index contributed by atoms with van der Waals surface area (Å²) in [5, 5.41) is 0. The van der Waals surface area contributed by atoms with Gasteiger partial charge in [-0.1, -0.05) is 36.4 Å². The second-order valence-corrected chi connectivity index (χ2v) is 4.19. The number of nitrogens with zero attached hydrogens (tertiary/aromatic N) is 1. The lowest BCUT2D eigenvalue weighted by atomic mass is 10.1. The van der Waals surface area contributed by atoms with E-state index >= 15 is 0 Å². The van der Waals surface area contributed by atoms with Crippen molar-refractivity contribution in [3.05, 3.63) is 68.4 Å². The minimum Gasteiger partial charge on any atom is -0.384 e. The SMILES string of the molecule is Cn1c(N)c(C(=O)/C=C/c2ccccc2)c(=O)[nH]c1=O. The van der Waals surface area contributed by atoms with Gasteiger partial charge in [0.15, 0.2) is 5.78 Å². The van der Waals surface area contributed by atoms with Crippen LogP contribution in [0, 0.1) is 0 Å². The van der Waals surface area contributed by atoms with E-state index in [4.69, 9.17) is 5.73 Å². The number of nitrogens with two attached hydrogens (primary N) is 1. The van der Waals surface area contributed by atoms with Gasteiger partial charge in [0.2, 0.25) is 0 Å². The van der Waals surface area contributed by atoms with Crippen LogP contribution in [-0.2, 0) is 7.05 Å². The molecule has 0 saturated carbocycles. The lowest BCUT2D eigenvalue weighted by Crippen LogP contribution is -2.34. The zero-order chi connectivity index (χ0) is 14.7. The van der Waals surface area contributed by atoms with E-state index in [1.807, 2.05) is 35.3 Å². The van der Waals surface area contributed by atoms with Crippen molar-refractivity contribution in [1.29, 1.82) is 0 Å². The van der Waals surface area contributed by atoms with Gasteiger partial charge in [0, 0.05) is 7.05 Å². The van der Waals surface area contributed by atoms with Crippen LogP contribution in [0.25, 0.3) is 6.08 Å². The van der Waals surface area contributed by atoms with Crippen LogP contribution in [0.2, 0.25) is 0 Å². The zero-order valence-electron chi connectivity index (χ0n) is 10.8. The molecule has 2 aromatic rings. The molecule has 20 heavy (non-hydrogen) atoms. The van der Waals surface area contributed by atoms with E-state index in [0.717, 1.165) is 10.1 Å². The summed E-state index contributed by atoms with van der Waals surface area (Å²) in [7, 11) is 1.38. The van der Waals surface area contributed by atoms with Gasteiger partial charge in [-0.05, 0) is 11.6 Å². The molecule has 1 aromatic carbocycles. The van der Waals surface area contributed by atoms with E-state index in [0.29, 0.717) is 0 Å². The quantitative estimate of drug-likeness (QED) is 0.629. The number of aromatic nitrogens is 2. The molecule has 0 atom stereocenters. The topological polar surface area (TPSA) is 97.9 Å². The maximum Gasteiger partial charge on any atom is 0.329 e. The Morgan fingerprint density at radius 1 is 1.25 bits per heavy atom. The molecule has 0 radical (unpaired) electrons. The first-order valence-corrected chi connectivity index (χ1v) is 5.87. The van der Waals surface area contributed by atoms with Crippen LogP contribution in [-0.4, -0.2) is 15.3 Å². The first-order valence-electron chi connectivity index (χ1n) is 5.87. The molecule has 0 fully saturated rings. The summed E-state index contributed by atoms with van der Waals surface area (Å²) in [6, 6.07) is 9.15. The van der Waals surface area contributed by atoms with Crippen LogP contribution in [0.3, 0.4) is 0 Å². The van der Waals surface area contributed by atoms with Crippen molar-refractivity contribution in [2.24, 2.45) is 7.05 Å². The number of aromatic amines is 1.